The van der Waals surface area contributed by atoms with Gasteiger partial charge < -0.3 is 12.9 Å². The molecule has 0 amide bonds. The Labute approximate surface area is 220 Å². The molecule has 7 nitrogen and oxygen atoms in total. The van der Waals surface area contributed by atoms with Gasteiger partial charge in [0, 0.05) is 15.6 Å². The average molecular weight is 337 g/mol. The van der Waals surface area contributed by atoms with Crippen LogP contribution in [-0.2, 0) is 18.2 Å². The van der Waals surface area contributed by atoms with E-state index in [1.165, 1.54) is 0 Å². The maximum absolute atomic E-state index is 10.0. The molecule has 14 heteroatoms. The standard InChI is InChI=1S/C3H7NO6P2.5Na.5H/c4-3(10-12(7)8)1-2-9-11(5)6;;;;;;;;;;/h3H,1-2,4H2;;;;;;;;;;/q;5*+1;5*-1/p+2. The van der Waals surface area contributed by atoms with Crippen molar-refractivity contribution in [1.29, 1.82) is 0 Å². The van der Waals surface area contributed by atoms with Crippen LogP contribution in [0.25, 0.3) is 0 Å². The van der Waals surface area contributed by atoms with Gasteiger partial charge >= 0.3 is 164 Å². The molecule has 0 aliphatic heterocycles. The van der Waals surface area contributed by atoms with Gasteiger partial charge in [0.1, 0.15) is 6.61 Å². The molecule has 4 N–H and O–H groups in total. The quantitative estimate of drug-likeness (QED) is 0.250. The SMILES string of the molecule is NC(CCO[P+](=O)O)O[P+](=O)O.[H-].[H-].[H-].[H-].[H-].[Na+].[Na+].[Na+].[Na+].[Na+]. The first-order valence-corrected chi connectivity index (χ1v) is 5.16. The van der Waals surface area contributed by atoms with E-state index in [4.69, 9.17) is 15.5 Å². The van der Waals surface area contributed by atoms with Crippen molar-refractivity contribution in [3.8, 4) is 0 Å². The van der Waals surface area contributed by atoms with Crippen molar-refractivity contribution in [2.45, 2.75) is 12.6 Å². The molecule has 0 radical (unpaired) electrons. The van der Waals surface area contributed by atoms with Crippen LogP contribution >= 0.6 is 16.5 Å². The minimum Gasteiger partial charge on any atom is -1.00 e. The third-order valence-electron chi connectivity index (χ3n) is 0.830. The van der Waals surface area contributed by atoms with Gasteiger partial charge in [-0.25, -0.2) is 0 Å². The van der Waals surface area contributed by atoms with E-state index in [1.54, 1.807) is 0 Å². The van der Waals surface area contributed by atoms with E-state index in [0.29, 0.717) is 0 Å². The van der Waals surface area contributed by atoms with Crippen LogP contribution in [0.1, 0.15) is 13.6 Å². The first kappa shape index (κ1) is 37.9. The van der Waals surface area contributed by atoms with Crippen molar-refractivity contribution in [1.82, 2.24) is 0 Å². The summed E-state index contributed by atoms with van der Waals surface area (Å²) in [5.74, 6) is 0. The summed E-state index contributed by atoms with van der Waals surface area (Å²) in [5.41, 5.74) is 5.14. The van der Waals surface area contributed by atoms with Crippen LogP contribution in [-0.4, -0.2) is 22.6 Å². The minimum absolute atomic E-state index is 0. The molecule has 3 unspecified atom stereocenters. The largest absolute Gasteiger partial charge is 1.00 e. The van der Waals surface area contributed by atoms with Gasteiger partial charge in [-0.05, 0) is 0 Å². The smallest absolute Gasteiger partial charge is 1.00 e. The molecule has 17 heavy (non-hydrogen) atoms. The molecule has 0 rings (SSSR count). The molecular formula is C3H14NNa5O6P2+2. The molecule has 0 saturated heterocycles. The van der Waals surface area contributed by atoms with Gasteiger partial charge in [-0.1, -0.05) is 0 Å². The Kier molecular flexibility index (Phi) is 57.8. The summed E-state index contributed by atoms with van der Waals surface area (Å²) in [6, 6.07) is 0. The Bertz CT molecular complexity index is 206. The summed E-state index contributed by atoms with van der Waals surface area (Å²) in [4.78, 5) is 16.3. The predicted octanol–water partition coefficient (Wildman–Crippen LogP) is -14.4. The Morgan fingerprint density at radius 3 is 1.76 bits per heavy atom. The second kappa shape index (κ2) is 25.9. The number of hydrogen-bond acceptors (Lipinski definition) is 5. The third-order valence-corrected chi connectivity index (χ3v) is 1.68. The second-order valence-corrected chi connectivity index (χ2v) is 3.16. The zero-order chi connectivity index (χ0) is 9.56. The maximum atomic E-state index is 10.0. The normalized spacial score (nSPS) is 11.0. The van der Waals surface area contributed by atoms with Gasteiger partial charge in [0.2, 0.25) is 0 Å². The van der Waals surface area contributed by atoms with Crippen molar-refractivity contribution in [3.63, 3.8) is 0 Å². The van der Waals surface area contributed by atoms with Crippen molar-refractivity contribution < 1.29 is 183 Å². The molecule has 0 spiro atoms. The molecule has 0 aromatic rings. The molecule has 0 aliphatic carbocycles. The van der Waals surface area contributed by atoms with Crippen molar-refractivity contribution in [2.75, 3.05) is 6.61 Å². The van der Waals surface area contributed by atoms with Crippen LogP contribution < -0.4 is 154 Å². The summed E-state index contributed by atoms with van der Waals surface area (Å²) < 4.78 is 28.4. The fourth-order valence-corrected chi connectivity index (χ4v) is 1.01. The molecule has 0 saturated carbocycles. The summed E-state index contributed by atoms with van der Waals surface area (Å²) in [6.45, 7) is -0.101. The van der Waals surface area contributed by atoms with E-state index in [2.05, 4.69) is 9.05 Å². The molecule has 0 aromatic carbocycles. The fourth-order valence-electron chi connectivity index (χ4n) is 0.415. The van der Waals surface area contributed by atoms with Crippen LogP contribution in [0.4, 0.5) is 0 Å². The number of rotatable bonds is 6. The zero-order valence-corrected chi connectivity index (χ0v) is 22.8. The fraction of sp³-hybridized carbons (Fsp3) is 1.00. The van der Waals surface area contributed by atoms with E-state index in [1.807, 2.05) is 0 Å². The van der Waals surface area contributed by atoms with E-state index in [9.17, 15) is 9.13 Å². The third kappa shape index (κ3) is 33.7. The molecule has 0 bridgehead atoms. The predicted molar refractivity (Wildman–Crippen MR) is 44.8 cm³/mol. The Morgan fingerprint density at radius 2 is 1.47 bits per heavy atom. The van der Waals surface area contributed by atoms with Gasteiger partial charge in [0.15, 0.2) is 6.23 Å². The maximum Gasteiger partial charge on any atom is 1.00 e. The first-order chi connectivity index (χ1) is 5.52. The Hall–Kier alpha value is 5.00. The molecule has 0 aliphatic rings. The second-order valence-electron chi connectivity index (χ2n) is 1.74. The van der Waals surface area contributed by atoms with Crippen molar-refractivity contribution in [3.05, 3.63) is 0 Å². The molecule has 0 aromatic heterocycles. The molecular weight excluding hydrogens is 323 g/mol. The van der Waals surface area contributed by atoms with E-state index in [-0.39, 0.29) is 168 Å². The zero-order valence-electron chi connectivity index (χ0n) is 16.0. The Morgan fingerprint density at radius 1 is 1.06 bits per heavy atom. The van der Waals surface area contributed by atoms with Crippen LogP contribution in [0.2, 0.25) is 0 Å². The van der Waals surface area contributed by atoms with Gasteiger partial charge in [-0.15, -0.1) is 18.8 Å². The molecule has 0 heterocycles. The van der Waals surface area contributed by atoms with Crippen molar-refractivity contribution in [2.24, 2.45) is 5.73 Å². The van der Waals surface area contributed by atoms with Crippen molar-refractivity contribution >= 4 is 16.5 Å². The van der Waals surface area contributed by atoms with Gasteiger partial charge in [-0.3, -0.25) is 0 Å². The van der Waals surface area contributed by atoms with Crippen LogP contribution in [0, 0.1) is 0 Å². The summed E-state index contributed by atoms with van der Waals surface area (Å²) in [7, 11) is -5.39. The topological polar surface area (TPSA) is 119 Å². The van der Waals surface area contributed by atoms with Gasteiger partial charge in [0.05, 0.1) is 0 Å². The van der Waals surface area contributed by atoms with Crippen LogP contribution in [0.5, 0.6) is 0 Å². The monoisotopic (exact) mass is 337 g/mol. The van der Waals surface area contributed by atoms with Gasteiger partial charge in [0.25, 0.3) is 0 Å². The molecule has 0 fully saturated rings. The van der Waals surface area contributed by atoms with Crippen LogP contribution in [0.3, 0.4) is 0 Å². The first-order valence-electron chi connectivity index (χ1n) is 2.90. The van der Waals surface area contributed by atoms with E-state index >= 15 is 0 Å². The summed E-state index contributed by atoms with van der Waals surface area (Å²) in [5, 5.41) is 0. The van der Waals surface area contributed by atoms with Gasteiger partial charge in [-0.2, -0.15) is 0 Å². The Balaban J connectivity index is -0.0000000134. The van der Waals surface area contributed by atoms with E-state index < -0.39 is 22.7 Å². The summed E-state index contributed by atoms with van der Waals surface area (Å²) >= 11 is 0. The van der Waals surface area contributed by atoms with E-state index in [0.717, 1.165) is 0 Å². The van der Waals surface area contributed by atoms with Crippen LogP contribution in [0.15, 0.2) is 0 Å². The summed E-state index contributed by atoms with van der Waals surface area (Å²) in [6.07, 6.45) is -0.892. The number of nitrogens with two attached hydrogens (primary N) is 1. The molecule has 3 atom stereocenters. The molecule has 80 valence electrons. The number of hydrogen-bond donors (Lipinski definition) is 3. The minimum atomic E-state index is -2.74. The average Bonchev–Trinajstić information content (AvgIpc) is 1.84.